The summed E-state index contributed by atoms with van der Waals surface area (Å²) < 4.78 is 11.2. The summed E-state index contributed by atoms with van der Waals surface area (Å²) in [5.74, 6) is 2.42. The van der Waals surface area contributed by atoms with Crippen LogP contribution in [0.25, 0.3) is 34.0 Å². The van der Waals surface area contributed by atoms with Crippen molar-refractivity contribution in [2.75, 3.05) is 0 Å². The van der Waals surface area contributed by atoms with Gasteiger partial charge in [-0.2, -0.15) is 0 Å². The average molecular weight is 378 g/mol. The van der Waals surface area contributed by atoms with E-state index in [-0.39, 0.29) is 0 Å². The number of nitrogens with zero attached hydrogens (tertiary/aromatic N) is 3. The molecule has 5 nitrogen and oxygen atoms in total. The molecule has 0 aliphatic heterocycles. The predicted octanol–water partition coefficient (Wildman–Crippen LogP) is 5.90. The number of aryl methyl sites for hydroxylation is 1. The normalized spacial score (nSPS) is 13.9. The molecule has 27 heavy (non-hydrogen) atoms. The van der Waals surface area contributed by atoms with Gasteiger partial charge in [-0.1, -0.05) is 29.8 Å². The number of halogens is 1. The van der Waals surface area contributed by atoms with Crippen LogP contribution in [0.15, 0.2) is 57.9 Å². The van der Waals surface area contributed by atoms with Crippen molar-refractivity contribution in [3.05, 3.63) is 65.6 Å². The molecule has 0 unspecified atom stereocenters. The molecule has 6 heteroatoms. The Morgan fingerprint density at radius 2 is 1.93 bits per heavy atom. The molecular formula is C21H16ClN3O2. The third-order valence-electron chi connectivity index (χ3n) is 4.69. The Morgan fingerprint density at radius 1 is 1.07 bits per heavy atom. The zero-order valence-corrected chi connectivity index (χ0v) is 15.4. The third-order valence-corrected chi connectivity index (χ3v) is 5.02. The highest BCUT2D eigenvalue weighted by molar-refractivity contribution is 6.33. The van der Waals surface area contributed by atoms with E-state index in [1.54, 1.807) is 12.5 Å². The van der Waals surface area contributed by atoms with Crippen molar-refractivity contribution in [1.29, 1.82) is 0 Å². The van der Waals surface area contributed by atoms with Crippen LogP contribution in [0.3, 0.4) is 0 Å². The van der Waals surface area contributed by atoms with E-state index in [9.17, 15) is 0 Å². The molecular weight excluding hydrogens is 362 g/mol. The molecule has 0 bridgehead atoms. The van der Waals surface area contributed by atoms with Gasteiger partial charge >= 0.3 is 0 Å². The smallest absolute Gasteiger partial charge is 0.230 e. The van der Waals surface area contributed by atoms with Crippen molar-refractivity contribution in [2.45, 2.75) is 25.7 Å². The van der Waals surface area contributed by atoms with Crippen LogP contribution >= 0.6 is 11.6 Å². The molecule has 4 aromatic rings. The first kappa shape index (κ1) is 16.3. The van der Waals surface area contributed by atoms with Crippen LogP contribution < -0.4 is 0 Å². The molecule has 5 rings (SSSR count). The maximum absolute atomic E-state index is 6.44. The van der Waals surface area contributed by atoms with Gasteiger partial charge in [0.15, 0.2) is 5.76 Å². The van der Waals surface area contributed by atoms with Crippen LogP contribution in [0.5, 0.6) is 0 Å². The maximum Gasteiger partial charge on any atom is 0.230 e. The van der Waals surface area contributed by atoms with Gasteiger partial charge in [0, 0.05) is 28.3 Å². The summed E-state index contributed by atoms with van der Waals surface area (Å²) in [6.07, 6.45) is 7.30. The van der Waals surface area contributed by atoms with E-state index in [1.807, 2.05) is 43.5 Å². The summed E-state index contributed by atoms with van der Waals surface area (Å²) in [6.45, 7) is 1.91. The number of oxazole rings is 1. The average Bonchev–Trinajstić information content (AvgIpc) is 3.24. The molecule has 3 aromatic heterocycles. The summed E-state index contributed by atoms with van der Waals surface area (Å²) >= 11 is 6.44. The summed E-state index contributed by atoms with van der Waals surface area (Å²) in [5, 5.41) is 0.647. The Morgan fingerprint density at radius 3 is 2.67 bits per heavy atom. The van der Waals surface area contributed by atoms with Gasteiger partial charge in [0.05, 0.1) is 17.5 Å². The molecule has 1 saturated carbocycles. The van der Waals surface area contributed by atoms with Crippen molar-refractivity contribution in [2.24, 2.45) is 0 Å². The van der Waals surface area contributed by atoms with Gasteiger partial charge in [-0.05, 0) is 31.9 Å². The molecule has 0 saturated heterocycles. The molecule has 1 aromatic carbocycles. The van der Waals surface area contributed by atoms with Crippen LogP contribution in [0.2, 0.25) is 5.02 Å². The SMILES string of the molecule is Cc1nc(-c2ccoc2)oc1-c1nc(C2CC2)ncc1-c1ccccc1Cl. The summed E-state index contributed by atoms with van der Waals surface area (Å²) in [4.78, 5) is 14.0. The fourth-order valence-electron chi connectivity index (χ4n) is 3.11. The zero-order chi connectivity index (χ0) is 18.4. The van der Waals surface area contributed by atoms with E-state index in [2.05, 4.69) is 9.97 Å². The third kappa shape index (κ3) is 2.94. The van der Waals surface area contributed by atoms with Crippen molar-refractivity contribution >= 4 is 11.6 Å². The highest BCUT2D eigenvalue weighted by Gasteiger charge is 2.29. The first-order chi connectivity index (χ1) is 13.2. The van der Waals surface area contributed by atoms with E-state index in [0.29, 0.717) is 22.6 Å². The molecule has 134 valence electrons. The van der Waals surface area contributed by atoms with E-state index < -0.39 is 0 Å². The summed E-state index contributed by atoms with van der Waals surface area (Å²) in [6, 6.07) is 9.49. The second-order valence-electron chi connectivity index (χ2n) is 6.69. The summed E-state index contributed by atoms with van der Waals surface area (Å²) in [7, 11) is 0. The molecule has 0 amide bonds. The van der Waals surface area contributed by atoms with Gasteiger partial charge in [-0.25, -0.2) is 15.0 Å². The predicted molar refractivity (Wildman–Crippen MR) is 102 cm³/mol. The minimum atomic E-state index is 0.431. The Bertz CT molecular complexity index is 1110. The second kappa shape index (κ2) is 6.35. The lowest BCUT2D eigenvalue weighted by atomic mass is 10.0. The lowest BCUT2D eigenvalue weighted by molar-refractivity contribution is 0.560. The van der Waals surface area contributed by atoms with Gasteiger partial charge in [0.1, 0.15) is 17.8 Å². The fraction of sp³-hybridized carbons (Fsp3) is 0.190. The van der Waals surface area contributed by atoms with Crippen LogP contribution in [-0.2, 0) is 0 Å². The lowest BCUT2D eigenvalue weighted by Crippen LogP contribution is -1.98. The van der Waals surface area contributed by atoms with Gasteiger partial charge < -0.3 is 8.83 Å². The molecule has 1 aliphatic carbocycles. The van der Waals surface area contributed by atoms with E-state index in [0.717, 1.165) is 46.7 Å². The highest BCUT2D eigenvalue weighted by atomic mass is 35.5. The Hall–Kier alpha value is -2.92. The lowest BCUT2D eigenvalue weighted by Gasteiger charge is -2.10. The molecule has 1 aliphatic rings. The molecule has 0 radical (unpaired) electrons. The molecule has 0 N–H and O–H groups in total. The molecule has 1 fully saturated rings. The van der Waals surface area contributed by atoms with Gasteiger partial charge in [-0.15, -0.1) is 0 Å². The fourth-order valence-corrected chi connectivity index (χ4v) is 3.35. The zero-order valence-electron chi connectivity index (χ0n) is 14.6. The van der Waals surface area contributed by atoms with E-state index >= 15 is 0 Å². The monoisotopic (exact) mass is 377 g/mol. The number of hydrogen-bond acceptors (Lipinski definition) is 5. The van der Waals surface area contributed by atoms with Crippen LogP contribution in [-0.4, -0.2) is 15.0 Å². The molecule has 0 spiro atoms. The second-order valence-corrected chi connectivity index (χ2v) is 7.10. The highest BCUT2D eigenvalue weighted by Crippen LogP contribution is 2.42. The number of aromatic nitrogens is 3. The van der Waals surface area contributed by atoms with Crippen molar-refractivity contribution in [3.63, 3.8) is 0 Å². The van der Waals surface area contributed by atoms with Crippen molar-refractivity contribution in [1.82, 2.24) is 15.0 Å². The summed E-state index contributed by atoms with van der Waals surface area (Å²) in [5.41, 5.74) is 3.99. The van der Waals surface area contributed by atoms with Gasteiger partial charge in [-0.3, -0.25) is 0 Å². The Kier molecular flexibility index (Phi) is 3.83. The van der Waals surface area contributed by atoms with Crippen LogP contribution in [0.4, 0.5) is 0 Å². The Balaban J connectivity index is 1.71. The quantitative estimate of drug-likeness (QED) is 0.443. The number of furan rings is 1. The van der Waals surface area contributed by atoms with Crippen molar-refractivity contribution in [3.8, 4) is 34.0 Å². The van der Waals surface area contributed by atoms with E-state index in [4.69, 9.17) is 25.4 Å². The minimum Gasteiger partial charge on any atom is -0.472 e. The topological polar surface area (TPSA) is 65.0 Å². The first-order valence-electron chi connectivity index (χ1n) is 8.83. The van der Waals surface area contributed by atoms with Gasteiger partial charge in [0.2, 0.25) is 5.89 Å². The number of rotatable bonds is 4. The molecule has 3 heterocycles. The standard InChI is InChI=1S/C21H16ClN3O2/c1-12-19(27-21(24-12)14-8-9-26-11-14)18-16(15-4-2-3-5-17(15)22)10-23-20(25-18)13-6-7-13/h2-5,8-11,13H,6-7H2,1H3. The number of hydrogen-bond donors (Lipinski definition) is 0. The maximum atomic E-state index is 6.44. The molecule has 0 atom stereocenters. The van der Waals surface area contributed by atoms with Gasteiger partial charge in [0.25, 0.3) is 0 Å². The van der Waals surface area contributed by atoms with E-state index in [1.165, 1.54) is 0 Å². The number of benzene rings is 1. The van der Waals surface area contributed by atoms with Crippen LogP contribution in [0.1, 0.15) is 30.3 Å². The largest absolute Gasteiger partial charge is 0.472 e. The Labute approximate surface area is 161 Å². The van der Waals surface area contributed by atoms with Crippen molar-refractivity contribution < 1.29 is 8.83 Å². The minimum absolute atomic E-state index is 0.431. The first-order valence-corrected chi connectivity index (χ1v) is 9.20. The van der Waals surface area contributed by atoms with Crippen LogP contribution in [0, 0.1) is 6.92 Å².